The predicted molar refractivity (Wildman–Crippen MR) is 142 cm³/mol. The van der Waals surface area contributed by atoms with Crippen LogP contribution in [0, 0.1) is 0 Å². The molecule has 0 saturated carbocycles. The maximum absolute atomic E-state index is 13.4. The third kappa shape index (κ3) is 6.33. The highest BCUT2D eigenvalue weighted by molar-refractivity contribution is 6.36. The molecule has 1 aliphatic rings. The number of benzene rings is 3. The van der Waals surface area contributed by atoms with Crippen LogP contribution in [0.1, 0.15) is 35.2 Å². The van der Waals surface area contributed by atoms with Crippen LogP contribution >= 0.6 is 23.2 Å². The van der Waals surface area contributed by atoms with Crippen molar-refractivity contribution in [1.29, 1.82) is 0 Å². The molecule has 8 heteroatoms. The lowest BCUT2D eigenvalue weighted by molar-refractivity contribution is -0.133. The lowest BCUT2D eigenvalue weighted by Crippen LogP contribution is -2.48. The maximum atomic E-state index is 13.4. The molecule has 35 heavy (non-hydrogen) atoms. The molecule has 0 bridgehead atoms. The molecule has 1 heterocycles. The number of fused-ring (bicyclic) bond motifs is 1. The van der Waals surface area contributed by atoms with E-state index in [4.69, 9.17) is 28.9 Å². The van der Waals surface area contributed by atoms with E-state index < -0.39 is 0 Å². The molecule has 0 aliphatic carbocycles. The van der Waals surface area contributed by atoms with Gasteiger partial charge in [-0.15, -0.1) is 0 Å². The first-order valence-electron chi connectivity index (χ1n) is 11.9. The molecule has 4 N–H and O–H groups in total. The number of carbonyl (C=O) groups is 2. The number of amides is 2. The average Bonchev–Trinajstić information content (AvgIpc) is 3.01. The number of nitrogens with two attached hydrogens (primary N) is 1. The Morgan fingerprint density at radius 3 is 2.54 bits per heavy atom. The van der Waals surface area contributed by atoms with Crippen molar-refractivity contribution in [1.82, 2.24) is 15.5 Å². The van der Waals surface area contributed by atoms with Gasteiger partial charge in [-0.1, -0.05) is 59.6 Å². The molecule has 0 spiro atoms. The predicted octanol–water partition coefficient (Wildman–Crippen LogP) is 4.37. The normalized spacial score (nSPS) is 18.5. The van der Waals surface area contributed by atoms with Gasteiger partial charge in [-0.2, -0.15) is 0 Å². The number of hydrogen-bond acceptors (Lipinski definition) is 4. The summed E-state index contributed by atoms with van der Waals surface area (Å²) in [6, 6.07) is 18.5. The van der Waals surface area contributed by atoms with Crippen LogP contribution in [0.4, 0.5) is 0 Å². The van der Waals surface area contributed by atoms with E-state index in [1.165, 1.54) is 0 Å². The van der Waals surface area contributed by atoms with Gasteiger partial charge in [0.2, 0.25) is 5.91 Å². The van der Waals surface area contributed by atoms with Crippen molar-refractivity contribution in [2.45, 2.75) is 37.9 Å². The molecule has 2 atom stereocenters. The summed E-state index contributed by atoms with van der Waals surface area (Å²) >= 11 is 12.7. The Bertz CT molecular complexity index is 1180. The molecular formula is C27H30Cl2N4O2. The van der Waals surface area contributed by atoms with Gasteiger partial charge in [0.25, 0.3) is 5.91 Å². The minimum atomic E-state index is -0.384. The Labute approximate surface area is 215 Å². The van der Waals surface area contributed by atoms with Crippen molar-refractivity contribution in [3.05, 3.63) is 81.8 Å². The molecule has 0 aromatic heterocycles. The molecule has 2 amide bonds. The van der Waals surface area contributed by atoms with Crippen LogP contribution < -0.4 is 16.4 Å². The van der Waals surface area contributed by atoms with Crippen LogP contribution in [-0.2, 0) is 11.3 Å². The van der Waals surface area contributed by atoms with E-state index in [-0.39, 0.29) is 23.9 Å². The van der Waals surface area contributed by atoms with Crippen LogP contribution in [-0.4, -0.2) is 48.4 Å². The van der Waals surface area contributed by atoms with E-state index in [9.17, 15) is 9.59 Å². The Kier molecular flexibility index (Phi) is 8.63. The quantitative estimate of drug-likeness (QED) is 0.418. The molecule has 1 fully saturated rings. The standard InChI is InChI=1S/C27H30Cl2N4O2/c28-23-7-3-8-24(29)22(23)17-33-14-12-21(32-25(27(33)35)9-4-13-30)16-31-26(34)20-11-10-18-5-1-2-6-19(18)15-20/h1-3,5-8,10-11,15,21,25,32H,4,9,12-14,16-17,30H2,(H,31,34)/t21-,25-/m0/s1. The fourth-order valence-electron chi connectivity index (χ4n) is 4.45. The first kappa shape index (κ1) is 25.5. The second-order valence-electron chi connectivity index (χ2n) is 8.87. The number of nitrogens with zero attached hydrogens (tertiary/aromatic N) is 1. The average molecular weight is 513 g/mol. The van der Waals surface area contributed by atoms with Crippen molar-refractivity contribution in [3.63, 3.8) is 0 Å². The number of rotatable bonds is 8. The van der Waals surface area contributed by atoms with Crippen LogP contribution in [0.25, 0.3) is 10.8 Å². The monoisotopic (exact) mass is 512 g/mol. The Hall–Kier alpha value is -2.64. The van der Waals surface area contributed by atoms with Gasteiger partial charge in [-0.25, -0.2) is 0 Å². The second kappa shape index (κ2) is 11.9. The van der Waals surface area contributed by atoms with Crippen molar-refractivity contribution >= 4 is 45.8 Å². The molecule has 0 radical (unpaired) electrons. The van der Waals surface area contributed by atoms with E-state index >= 15 is 0 Å². The van der Waals surface area contributed by atoms with Gasteiger partial charge in [0.1, 0.15) is 0 Å². The van der Waals surface area contributed by atoms with Crippen LogP contribution in [0.15, 0.2) is 60.7 Å². The maximum Gasteiger partial charge on any atom is 0.251 e. The third-order valence-corrected chi connectivity index (χ3v) is 7.13. The zero-order valence-corrected chi connectivity index (χ0v) is 21.0. The van der Waals surface area contributed by atoms with E-state index in [2.05, 4.69) is 10.6 Å². The fraction of sp³-hybridized carbons (Fsp3) is 0.333. The van der Waals surface area contributed by atoms with Crippen molar-refractivity contribution < 1.29 is 9.59 Å². The highest BCUT2D eigenvalue weighted by atomic mass is 35.5. The third-order valence-electron chi connectivity index (χ3n) is 6.42. The minimum absolute atomic E-state index is 0.00204. The SMILES string of the molecule is NCCC[C@@H]1N[C@H](CNC(=O)c2ccc3ccccc3c2)CCN(Cc2c(Cl)cccc2Cl)C1=O. The fourth-order valence-corrected chi connectivity index (χ4v) is 4.97. The lowest BCUT2D eigenvalue weighted by Gasteiger charge is -2.25. The van der Waals surface area contributed by atoms with E-state index in [1.807, 2.05) is 42.5 Å². The van der Waals surface area contributed by atoms with Gasteiger partial charge in [-0.05, 0) is 60.8 Å². The topological polar surface area (TPSA) is 87.5 Å². The summed E-state index contributed by atoms with van der Waals surface area (Å²) < 4.78 is 0. The Morgan fingerprint density at radius 2 is 1.80 bits per heavy atom. The van der Waals surface area contributed by atoms with E-state index in [0.717, 1.165) is 22.8 Å². The first-order valence-corrected chi connectivity index (χ1v) is 12.7. The molecule has 0 unspecified atom stereocenters. The van der Waals surface area contributed by atoms with Gasteiger partial charge in [-0.3, -0.25) is 9.59 Å². The van der Waals surface area contributed by atoms with Crippen LogP contribution in [0.5, 0.6) is 0 Å². The summed E-state index contributed by atoms with van der Waals surface area (Å²) in [5, 5.41) is 9.69. The van der Waals surface area contributed by atoms with E-state index in [0.29, 0.717) is 54.6 Å². The van der Waals surface area contributed by atoms with Gasteiger partial charge < -0.3 is 21.3 Å². The molecule has 3 aromatic carbocycles. The summed E-state index contributed by atoms with van der Waals surface area (Å²) in [6.45, 7) is 1.79. The second-order valence-corrected chi connectivity index (χ2v) is 9.68. The Balaban J connectivity index is 1.44. The molecule has 3 aromatic rings. The number of halogens is 2. The van der Waals surface area contributed by atoms with Gasteiger partial charge in [0.15, 0.2) is 0 Å². The summed E-state index contributed by atoms with van der Waals surface area (Å²) in [5.74, 6) is -0.135. The van der Waals surface area contributed by atoms with E-state index in [1.54, 1.807) is 23.1 Å². The zero-order chi connectivity index (χ0) is 24.8. The van der Waals surface area contributed by atoms with Crippen molar-refractivity contribution in [3.8, 4) is 0 Å². The molecule has 1 aliphatic heterocycles. The summed E-state index contributed by atoms with van der Waals surface area (Å²) in [7, 11) is 0. The zero-order valence-electron chi connectivity index (χ0n) is 19.5. The summed E-state index contributed by atoms with van der Waals surface area (Å²) in [6.07, 6.45) is 2.03. The Morgan fingerprint density at radius 1 is 1.06 bits per heavy atom. The number of nitrogens with one attached hydrogen (secondary N) is 2. The van der Waals surface area contributed by atoms with Crippen LogP contribution in [0.2, 0.25) is 10.0 Å². The molecule has 6 nitrogen and oxygen atoms in total. The van der Waals surface area contributed by atoms with Gasteiger partial charge in [0, 0.05) is 46.8 Å². The summed E-state index contributed by atoms with van der Waals surface area (Å²) in [4.78, 5) is 28.0. The highest BCUT2D eigenvalue weighted by Gasteiger charge is 2.31. The van der Waals surface area contributed by atoms with Crippen molar-refractivity contribution in [2.75, 3.05) is 19.6 Å². The molecular weight excluding hydrogens is 483 g/mol. The largest absolute Gasteiger partial charge is 0.350 e. The first-order chi connectivity index (χ1) is 17.0. The lowest BCUT2D eigenvalue weighted by atomic mass is 10.1. The van der Waals surface area contributed by atoms with Gasteiger partial charge in [0.05, 0.1) is 6.04 Å². The number of carbonyl (C=O) groups excluding carboxylic acids is 2. The van der Waals surface area contributed by atoms with Gasteiger partial charge >= 0.3 is 0 Å². The van der Waals surface area contributed by atoms with Crippen LogP contribution in [0.3, 0.4) is 0 Å². The summed E-state index contributed by atoms with van der Waals surface area (Å²) in [5.41, 5.74) is 7.08. The van der Waals surface area contributed by atoms with Crippen molar-refractivity contribution in [2.24, 2.45) is 5.73 Å². The molecule has 1 saturated heterocycles. The smallest absolute Gasteiger partial charge is 0.251 e. The molecule has 184 valence electrons. The highest BCUT2D eigenvalue weighted by Crippen LogP contribution is 2.27. The molecule has 4 rings (SSSR count). The number of hydrogen-bond donors (Lipinski definition) is 3. The minimum Gasteiger partial charge on any atom is -0.350 e.